The molecule has 0 radical (unpaired) electrons. The molecule has 1 amide bonds. The van der Waals surface area contributed by atoms with Gasteiger partial charge >= 0.3 is 5.97 Å². The number of ether oxygens (including phenoxy) is 1. The van der Waals surface area contributed by atoms with Crippen LogP contribution in [0.2, 0.25) is 0 Å². The predicted octanol–water partition coefficient (Wildman–Crippen LogP) is 2.77. The zero-order chi connectivity index (χ0) is 18.4. The number of ketones is 1. The summed E-state index contributed by atoms with van der Waals surface area (Å²) in [5.41, 5.74) is 0.385. The second kappa shape index (κ2) is 8.28. The molecule has 1 heterocycles. The number of nitrogens with zero attached hydrogens (tertiary/aromatic N) is 1. The first-order valence-electron chi connectivity index (χ1n) is 8.93. The lowest BCUT2D eigenvalue weighted by Gasteiger charge is -2.27. The third kappa shape index (κ3) is 4.68. The first kappa shape index (κ1) is 19.2. The van der Waals surface area contributed by atoms with Gasteiger partial charge in [-0.15, -0.1) is 0 Å². The van der Waals surface area contributed by atoms with E-state index in [4.69, 9.17) is 4.74 Å². The van der Waals surface area contributed by atoms with Crippen molar-refractivity contribution in [2.75, 3.05) is 13.2 Å². The molecule has 1 saturated heterocycles. The highest BCUT2D eigenvalue weighted by Gasteiger charge is 2.41. The Labute approximate surface area is 149 Å². The maximum absolute atomic E-state index is 12.5. The molecule has 1 fully saturated rings. The zero-order valence-electron chi connectivity index (χ0n) is 15.3. The Morgan fingerprint density at radius 2 is 1.88 bits per heavy atom. The van der Waals surface area contributed by atoms with Crippen LogP contribution in [0.1, 0.15) is 45.6 Å². The van der Waals surface area contributed by atoms with Crippen LogP contribution in [0.5, 0.6) is 0 Å². The smallest absolute Gasteiger partial charge is 0.328 e. The van der Waals surface area contributed by atoms with E-state index in [-0.39, 0.29) is 6.61 Å². The summed E-state index contributed by atoms with van der Waals surface area (Å²) in [4.78, 5) is 38.7. The number of esters is 1. The molecule has 0 aliphatic carbocycles. The van der Waals surface area contributed by atoms with Crippen LogP contribution in [0.3, 0.4) is 0 Å². The number of hydrogen-bond donors (Lipinski definition) is 0. The molecule has 5 heteroatoms. The molecule has 1 atom stereocenters. The fourth-order valence-corrected chi connectivity index (χ4v) is 2.85. The van der Waals surface area contributed by atoms with E-state index in [1.807, 2.05) is 37.3 Å². The minimum Gasteiger partial charge on any atom is -0.464 e. The number of Topliss-reactive ketones (excluding diaryl/α,β-unsaturated/α-hetero) is 1. The topological polar surface area (TPSA) is 63.7 Å². The number of hydrogen-bond acceptors (Lipinski definition) is 4. The van der Waals surface area contributed by atoms with Crippen molar-refractivity contribution in [3.63, 3.8) is 0 Å². The number of likely N-dealkylation sites (tertiary alicyclic amines) is 1. The molecule has 1 unspecified atom stereocenters. The van der Waals surface area contributed by atoms with Crippen molar-refractivity contribution in [1.82, 2.24) is 4.90 Å². The van der Waals surface area contributed by atoms with Crippen LogP contribution in [0.25, 0.3) is 0 Å². The minimum atomic E-state index is -0.707. The number of amides is 1. The van der Waals surface area contributed by atoms with E-state index in [0.29, 0.717) is 32.2 Å². The van der Waals surface area contributed by atoms with Crippen molar-refractivity contribution in [2.45, 2.75) is 52.5 Å². The van der Waals surface area contributed by atoms with Crippen LogP contribution in [-0.4, -0.2) is 41.8 Å². The molecule has 1 aliphatic heterocycles. The monoisotopic (exact) mass is 345 g/mol. The number of benzene rings is 1. The summed E-state index contributed by atoms with van der Waals surface area (Å²) < 4.78 is 5.36. The molecule has 2 rings (SSSR count). The average Bonchev–Trinajstić information content (AvgIpc) is 3.11. The summed E-state index contributed by atoms with van der Waals surface area (Å²) in [6.45, 7) is 6.11. The van der Waals surface area contributed by atoms with E-state index in [1.165, 1.54) is 4.90 Å². The third-order valence-corrected chi connectivity index (χ3v) is 4.96. The van der Waals surface area contributed by atoms with E-state index < -0.39 is 29.1 Å². The van der Waals surface area contributed by atoms with Crippen LogP contribution in [0.4, 0.5) is 0 Å². The normalized spacial score (nSPS) is 17.4. The largest absolute Gasteiger partial charge is 0.464 e. The first-order valence-corrected chi connectivity index (χ1v) is 8.93. The van der Waals surface area contributed by atoms with Gasteiger partial charge in [-0.2, -0.15) is 0 Å². The Morgan fingerprint density at radius 3 is 2.52 bits per heavy atom. The quantitative estimate of drug-likeness (QED) is 0.563. The maximum atomic E-state index is 12.5. The fraction of sp³-hybridized carbons (Fsp3) is 0.550. The highest BCUT2D eigenvalue weighted by molar-refractivity contribution is 6.38. The summed E-state index contributed by atoms with van der Waals surface area (Å²) in [6, 6.07) is 9.13. The Morgan fingerprint density at radius 1 is 1.20 bits per heavy atom. The summed E-state index contributed by atoms with van der Waals surface area (Å²) in [6.07, 6.45) is 2.48. The van der Waals surface area contributed by atoms with E-state index in [9.17, 15) is 14.4 Å². The minimum absolute atomic E-state index is 0.274. The number of carbonyl (C=O) groups is 3. The van der Waals surface area contributed by atoms with Gasteiger partial charge in [0.1, 0.15) is 6.04 Å². The standard InChI is InChI=1S/C20H27NO4/c1-4-20(2,3)17(22)18(23)21-13-8-11-16(21)19(24)25-14-12-15-9-6-5-7-10-15/h5-7,9-10,16H,4,8,11-14H2,1-3H3. The van der Waals surface area contributed by atoms with E-state index >= 15 is 0 Å². The molecule has 0 spiro atoms. The second-order valence-electron chi connectivity index (χ2n) is 7.13. The molecule has 5 nitrogen and oxygen atoms in total. The Bertz CT molecular complexity index is 624. The van der Waals surface area contributed by atoms with Gasteiger partial charge in [-0.1, -0.05) is 51.1 Å². The molecule has 0 bridgehead atoms. The van der Waals surface area contributed by atoms with Crippen molar-refractivity contribution in [3.05, 3.63) is 35.9 Å². The van der Waals surface area contributed by atoms with E-state index in [1.54, 1.807) is 13.8 Å². The van der Waals surface area contributed by atoms with Crippen molar-refractivity contribution in [1.29, 1.82) is 0 Å². The molecule has 0 saturated carbocycles. The van der Waals surface area contributed by atoms with Crippen molar-refractivity contribution in [3.8, 4) is 0 Å². The van der Waals surface area contributed by atoms with Gasteiger partial charge in [0.05, 0.1) is 6.61 Å². The molecule has 0 N–H and O–H groups in total. The summed E-state index contributed by atoms with van der Waals surface area (Å²) in [5.74, 6) is -1.41. The van der Waals surface area contributed by atoms with Crippen LogP contribution in [0.15, 0.2) is 30.3 Å². The summed E-state index contributed by atoms with van der Waals surface area (Å²) >= 11 is 0. The average molecular weight is 345 g/mol. The Balaban J connectivity index is 1.92. The zero-order valence-corrected chi connectivity index (χ0v) is 15.3. The summed E-state index contributed by atoms with van der Waals surface area (Å²) in [5, 5.41) is 0. The van der Waals surface area contributed by atoms with Gasteiger partial charge in [0.15, 0.2) is 0 Å². The van der Waals surface area contributed by atoms with Crippen LogP contribution < -0.4 is 0 Å². The predicted molar refractivity (Wildman–Crippen MR) is 94.9 cm³/mol. The van der Waals surface area contributed by atoms with Gasteiger partial charge in [-0.05, 0) is 24.8 Å². The van der Waals surface area contributed by atoms with Gasteiger partial charge in [0, 0.05) is 18.4 Å². The third-order valence-electron chi connectivity index (χ3n) is 4.96. The molecule has 25 heavy (non-hydrogen) atoms. The van der Waals surface area contributed by atoms with E-state index in [2.05, 4.69) is 0 Å². The molecule has 1 aromatic carbocycles. The number of rotatable bonds is 7. The van der Waals surface area contributed by atoms with Gasteiger partial charge in [-0.25, -0.2) is 4.79 Å². The van der Waals surface area contributed by atoms with Crippen molar-refractivity contribution < 1.29 is 19.1 Å². The number of carbonyl (C=O) groups excluding carboxylic acids is 3. The Kier molecular flexibility index (Phi) is 6.34. The molecule has 136 valence electrons. The van der Waals surface area contributed by atoms with Crippen molar-refractivity contribution >= 4 is 17.7 Å². The fourth-order valence-electron chi connectivity index (χ4n) is 2.85. The highest BCUT2D eigenvalue weighted by atomic mass is 16.5. The molecule has 0 aromatic heterocycles. The van der Waals surface area contributed by atoms with Crippen LogP contribution >= 0.6 is 0 Å². The lowest BCUT2D eigenvalue weighted by Crippen LogP contribution is -2.48. The van der Waals surface area contributed by atoms with E-state index in [0.717, 1.165) is 5.56 Å². The first-order chi connectivity index (χ1) is 11.9. The lowest BCUT2D eigenvalue weighted by molar-refractivity contribution is -0.157. The maximum Gasteiger partial charge on any atom is 0.328 e. The molecular formula is C20H27NO4. The summed E-state index contributed by atoms with van der Waals surface area (Å²) in [7, 11) is 0. The van der Waals surface area contributed by atoms with Crippen LogP contribution in [-0.2, 0) is 25.5 Å². The molecular weight excluding hydrogens is 318 g/mol. The van der Waals surface area contributed by atoms with Gasteiger partial charge < -0.3 is 9.64 Å². The second-order valence-corrected chi connectivity index (χ2v) is 7.13. The van der Waals surface area contributed by atoms with Crippen LogP contribution in [0, 0.1) is 5.41 Å². The lowest BCUT2D eigenvalue weighted by atomic mass is 9.84. The molecule has 1 aromatic rings. The SMILES string of the molecule is CCC(C)(C)C(=O)C(=O)N1CCCC1C(=O)OCCc1ccccc1. The molecule has 1 aliphatic rings. The Hall–Kier alpha value is -2.17. The van der Waals surface area contributed by atoms with Gasteiger partial charge in [0.2, 0.25) is 5.78 Å². The van der Waals surface area contributed by atoms with Gasteiger partial charge in [0.25, 0.3) is 5.91 Å². The van der Waals surface area contributed by atoms with Crippen molar-refractivity contribution in [2.24, 2.45) is 5.41 Å². The highest BCUT2D eigenvalue weighted by Crippen LogP contribution is 2.26. The van der Waals surface area contributed by atoms with Gasteiger partial charge in [-0.3, -0.25) is 9.59 Å².